The number of amides is 1. The molecule has 2 rings (SSSR count). The molecule has 1 aliphatic rings. The van der Waals surface area contributed by atoms with Gasteiger partial charge in [-0.05, 0) is 50.8 Å². The summed E-state index contributed by atoms with van der Waals surface area (Å²) in [6, 6.07) is 6.41. The Morgan fingerprint density at radius 1 is 1.41 bits per heavy atom. The lowest BCUT2D eigenvalue weighted by Crippen LogP contribution is -2.49. The smallest absolute Gasteiger partial charge is 0.238 e. The number of hydrogen-bond acceptors (Lipinski definition) is 3. The molecule has 0 aromatic heterocycles. The summed E-state index contributed by atoms with van der Waals surface area (Å²) in [5, 5.41) is 3.02. The van der Waals surface area contributed by atoms with E-state index in [9.17, 15) is 4.79 Å². The molecule has 1 aromatic carbocycles. The van der Waals surface area contributed by atoms with Gasteiger partial charge in [-0.15, -0.1) is 12.4 Å². The van der Waals surface area contributed by atoms with E-state index < -0.39 is 0 Å². The first kappa shape index (κ1) is 18.9. The van der Waals surface area contributed by atoms with Crippen LogP contribution in [0.15, 0.2) is 18.2 Å². The average Bonchev–Trinajstić information content (AvgIpc) is 2.44. The third-order valence-corrected chi connectivity index (χ3v) is 4.37. The van der Waals surface area contributed by atoms with Crippen LogP contribution in [0.5, 0.6) is 0 Å². The number of nitrogens with one attached hydrogen (secondary N) is 1. The predicted molar refractivity (Wildman–Crippen MR) is 94.6 cm³/mol. The number of piperidine rings is 1. The molecule has 1 aliphatic heterocycles. The maximum atomic E-state index is 12.3. The molecule has 0 bridgehead atoms. The Balaban J connectivity index is 0.00000242. The number of likely N-dealkylation sites (tertiary alicyclic amines) is 1. The Hall–Kier alpha value is -1.10. The molecule has 124 valence electrons. The van der Waals surface area contributed by atoms with Gasteiger partial charge in [0.2, 0.25) is 5.91 Å². The molecular formula is C17H28ClN3O. The maximum Gasteiger partial charge on any atom is 0.238 e. The van der Waals surface area contributed by atoms with Crippen LogP contribution in [0.25, 0.3) is 0 Å². The highest BCUT2D eigenvalue weighted by atomic mass is 35.5. The second-order valence-electron chi connectivity index (χ2n) is 6.36. The minimum Gasteiger partial charge on any atom is -0.329 e. The van der Waals surface area contributed by atoms with E-state index in [1.807, 2.05) is 19.1 Å². The minimum absolute atomic E-state index is 0. The summed E-state index contributed by atoms with van der Waals surface area (Å²) in [4.78, 5) is 14.5. The van der Waals surface area contributed by atoms with Crippen LogP contribution in [-0.2, 0) is 4.79 Å². The molecule has 5 heteroatoms. The fourth-order valence-electron chi connectivity index (χ4n) is 3.08. The fourth-order valence-corrected chi connectivity index (χ4v) is 3.08. The minimum atomic E-state index is 0. The van der Waals surface area contributed by atoms with Gasteiger partial charge in [-0.3, -0.25) is 9.69 Å². The number of nitrogens with two attached hydrogens (primary N) is 1. The molecule has 1 fully saturated rings. The number of nitrogens with zero attached hydrogens (tertiary/aromatic N) is 1. The zero-order valence-electron chi connectivity index (χ0n) is 13.8. The van der Waals surface area contributed by atoms with Crippen molar-refractivity contribution in [3.63, 3.8) is 0 Å². The van der Waals surface area contributed by atoms with Crippen LogP contribution >= 0.6 is 12.4 Å². The van der Waals surface area contributed by atoms with Gasteiger partial charge in [0.1, 0.15) is 0 Å². The van der Waals surface area contributed by atoms with Crippen LogP contribution in [0.2, 0.25) is 0 Å². The summed E-state index contributed by atoms with van der Waals surface area (Å²) in [6.07, 6.45) is 2.24. The van der Waals surface area contributed by atoms with Gasteiger partial charge in [-0.1, -0.05) is 24.6 Å². The summed E-state index contributed by atoms with van der Waals surface area (Å²) in [5.74, 6) is 0.757. The monoisotopic (exact) mass is 325 g/mol. The van der Waals surface area contributed by atoms with Gasteiger partial charge in [0, 0.05) is 18.3 Å². The number of halogens is 1. The van der Waals surface area contributed by atoms with Gasteiger partial charge in [0.25, 0.3) is 0 Å². The first-order valence-electron chi connectivity index (χ1n) is 7.80. The molecule has 4 nitrogen and oxygen atoms in total. The summed E-state index contributed by atoms with van der Waals surface area (Å²) in [7, 11) is 0. The van der Waals surface area contributed by atoms with Crippen LogP contribution in [0.1, 0.15) is 30.9 Å². The molecular weight excluding hydrogens is 298 g/mol. The van der Waals surface area contributed by atoms with E-state index >= 15 is 0 Å². The molecule has 1 heterocycles. The molecule has 2 unspecified atom stereocenters. The van der Waals surface area contributed by atoms with Crippen molar-refractivity contribution >= 4 is 24.0 Å². The normalized spacial score (nSPS) is 22.0. The largest absolute Gasteiger partial charge is 0.329 e. The van der Waals surface area contributed by atoms with Gasteiger partial charge in [0.15, 0.2) is 0 Å². The molecule has 1 saturated heterocycles. The van der Waals surface area contributed by atoms with E-state index in [2.05, 4.69) is 30.1 Å². The molecule has 0 spiro atoms. The fraction of sp³-hybridized carbons (Fsp3) is 0.588. The van der Waals surface area contributed by atoms with Gasteiger partial charge in [-0.25, -0.2) is 0 Å². The van der Waals surface area contributed by atoms with E-state index in [0.29, 0.717) is 25.0 Å². The summed E-state index contributed by atoms with van der Waals surface area (Å²) >= 11 is 0. The zero-order chi connectivity index (χ0) is 15.4. The van der Waals surface area contributed by atoms with E-state index in [4.69, 9.17) is 5.73 Å². The number of anilines is 1. The topological polar surface area (TPSA) is 58.4 Å². The third kappa shape index (κ3) is 4.97. The summed E-state index contributed by atoms with van der Waals surface area (Å²) in [6.45, 7) is 8.36. The highest BCUT2D eigenvalue weighted by Gasteiger charge is 2.26. The lowest BCUT2D eigenvalue weighted by molar-refractivity contribution is -0.118. The Bertz CT molecular complexity index is 507. The van der Waals surface area contributed by atoms with Crippen LogP contribution in [0.4, 0.5) is 5.69 Å². The van der Waals surface area contributed by atoms with Gasteiger partial charge in [0.05, 0.1) is 6.54 Å². The van der Waals surface area contributed by atoms with Gasteiger partial charge in [-0.2, -0.15) is 0 Å². The Morgan fingerprint density at radius 3 is 2.77 bits per heavy atom. The van der Waals surface area contributed by atoms with Crippen molar-refractivity contribution < 1.29 is 4.79 Å². The molecule has 1 aromatic rings. The predicted octanol–water partition coefficient (Wildman–Crippen LogP) is 2.72. The zero-order valence-corrected chi connectivity index (χ0v) is 14.6. The number of carbonyl (C=O) groups is 1. The van der Waals surface area contributed by atoms with Crippen LogP contribution in [0, 0.1) is 19.8 Å². The van der Waals surface area contributed by atoms with Gasteiger partial charge >= 0.3 is 0 Å². The number of rotatable bonds is 4. The Labute approximate surface area is 139 Å². The van der Waals surface area contributed by atoms with Crippen LogP contribution in [0.3, 0.4) is 0 Å². The van der Waals surface area contributed by atoms with Crippen molar-refractivity contribution in [3.8, 4) is 0 Å². The van der Waals surface area contributed by atoms with Crippen molar-refractivity contribution in [2.24, 2.45) is 11.7 Å². The van der Waals surface area contributed by atoms with Crippen molar-refractivity contribution in [2.75, 3.05) is 25.0 Å². The Kier molecular flexibility index (Phi) is 7.33. The van der Waals surface area contributed by atoms with Crippen molar-refractivity contribution in [1.82, 2.24) is 4.90 Å². The highest BCUT2D eigenvalue weighted by molar-refractivity contribution is 5.93. The van der Waals surface area contributed by atoms with Crippen LogP contribution < -0.4 is 11.1 Å². The van der Waals surface area contributed by atoms with Crippen molar-refractivity contribution in [2.45, 2.75) is 39.7 Å². The molecule has 0 aliphatic carbocycles. The van der Waals surface area contributed by atoms with E-state index in [0.717, 1.165) is 30.6 Å². The number of hydrogen-bond donors (Lipinski definition) is 2. The molecule has 2 atom stereocenters. The standard InChI is InChI=1S/C17H27N3O.ClH/c1-12-4-5-16(14(3)8-12)19-17(21)11-20-7-6-13(2)9-15(20)10-18;/h4-5,8,13,15H,6-7,9-11,18H2,1-3H3,(H,19,21);1H. The number of carbonyl (C=O) groups excluding carboxylic acids is 1. The van der Waals surface area contributed by atoms with Crippen molar-refractivity contribution in [3.05, 3.63) is 29.3 Å². The van der Waals surface area contributed by atoms with E-state index in [1.54, 1.807) is 0 Å². The third-order valence-electron chi connectivity index (χ3n) is 4.37. The average molecular weight is 326 g/mol. The number of aryl methyl sites for hydroxylation is 2. The van der Waals surface area contributed by atoms with Crippen molar-refractivity contribution in [1.29, 1.82) is 0 Å². The summed E-state index contributed by atoms with van der Waals surface area (Å²) < 4.78 is 0. The molecule has 3 N–H and O–H groups in total. The quantitative estimate of drug-likeness (QED) is 0.895. The second kappa shape index (κ2) is 8.51. The Morgan fingerprint density at radius 2 is 2.14 bits per heavy atom. The lowest BCUT2D eigenvalue weighted by atomic mass is 9.92. The van der Waals surface area contributed by atoms with Crippen LogP contribution in [-0.4, -0.2) is 36.5 Å². The van der Waals surface area contributed by atoms with E-state index in [-0.39, 0.29) is 18.3 Å². The first-order chi connectivity index (χ1) is 9.99. The maximum absolute atomic E-state index is 12.3. The summed E-state index contributed by atoms with van der Waals surface area (Å²) in [5.41, 5.74) is 9.06. The van der Waals surface area contributed by atoms with E-state index in [1.165, 1.54) is 5.56 Å². The SMILES string of the molecule is Cc1ccc(NC(=O)CN2CCC(C)CC2CN)c(C)c1.Cl. The molecule has 0 saturated carbocycles. The molecule has 1 amide bonds. The lowest BCUT2D eigenvalue weighted by Gasteiger charge is -2.37. The molecule has 22 heavy (non-hydrogen) atoms. The highest BCUT2D eigenvalue weighted by Crippen LogP contribution is 2.22. The second-order valence-corrected chi connectivity index (χ2v) is 6.36. The molecule has 0 radical (unpaired) electrons. The number of benzene rings is 1. The first-order valence-corrected chi connectivity index (χ1v) is 7.80. The van der Waals surface area contributed by atoms with Gasteiger partial charge < -0.3 is 11.1 Å².